The van der Waals surface area contributed by atoms with Crippen molar-refractivity contribution in [2.45, 2.75) is 26.4 Å². The lowest BCUT2D eigenvalue weighted by atomic mass is 9.95. The summed E-state index contributed by atoms with van der Waals surface area (Å²) in [5, 5.41) is 1.05. The Hall–Kier alpha value is -4.69. The molecule has 0 N–H and O–H groups in total. The number of aromatic nitrogens is 2. The number of thiazole rings is 1. The first-order valence-corrected chi connectivity index (χ1v) is 14.3. The van der Waals surface area contributed by atoms with Gasteiger partial charge in [0.25, 0.3) is 5.56 Å². The molecule has 1 atom stereocenters. The van der Waals surface area contributed by atoms with E-state index < -0.39 is 12.0 Å². The lowest BCUT2D eigenvalue weighted by molar-refractivity contribution is -0.139. The molecule has 0 bridgehead atoms. The van der Waals surface area contributed by atoms with Crippen LogP contribution in [0.5, 0.6) is 5.75 Å². The molecule has 8 heteroatoms. The molecule has 0 spiro atoms. The number of fused-ring (bicyclic) bond motifs is 2. The van der Waals surface area contributed by atoms with Crippen LogP contribution in [0.3, 0.4) is 0 Å². The van der Waals surface area contributed by atoms with Gasteiger partial charge in [-0.05, 0) is 37.6 Å². The molecule has 1 aliphatic rings. The number of benzene rings is 3. The Morgan fingerprint density at radius 2 is 1.76 bits per heavy atom. The van der Waals surface area contributed by atoms with Crippen molar-refractivity contribution in [1.82, 2.24) is 9.13 Å². The van der Waals surface area contributed by atoms with Crippen molar-refractivity contribution in [1.29, 1.82) is 0 Å². The summed E-state index contributed by atoms with van der Waals surface area (Å²) in [6, 6.07) is 25.2. The van der Waals surface area contributed by atoms with E-state index in [1.807, 2.05) is 60.7 Å². The van der Waals surface area contributed by atoms with Crippen molar-refractivity contribution >= 4 is 34.3 Å². The molecular weight excluding hydrogens is 534 g/mol. The highest BCUT2D eigenvalue weighted by molar-refractivity contribution is 7.07. The van der Waals surface area contributed by atoms with Gasteiger partial charge in [0.05, 0.1) is 29.5 Å². The third kappa shape index (κ3) is 4.80. The number of allylic oxidation sites excluding steroid dienone is 1. The maximum absolute atomic E-state index is 14.1. The molecule has 3 heterocycles. The SMILES string of the molecule is CCOC(=O)C1=C(C)N=c2s/c(=C\c3cn(Cc4ccccc4)c4ccccc34)c(=O)n2[C@H]1c1ccccc1OC. The maximum Gasteiger partial charge on any atom is 0.338 e. The number of para-hydroxylation sites is 2. The van der Waals surface area contributed by atoms with E-state index in [1.54, 1.807) is 25.5 Å². The topological polar surface area (TPSA) is 74.8 Å². The number of hydrogen-bond donors (Lipinski definition) is 0. The first kappa shape index (κ1) is 26.5. The Balaban J connectivity index is 1.54. The molecular formula is C33H29N3O4S. The summed E-state index contributed by atoms with van der Waals surface area (Å²) in [6.07, 6.45) is 4.01. The molecule has 7 nitrogen and oxygen atoms in total. The quantitative estimate of drug-likeness (QED) is 0.267. The zero-order chi connectivity index (χ0) is 28.5. The summed E-state index contributed by atoms with van der Waals surface area (Å²) < 4.78 is 15.4. The van der Waals surface area contributed by atoms with Crippen LogP contribution in [0.15, 0.2) is 106 Å². The molecule has 3 aromatic carbocycles. The maximum atomic E-state index is 14.1. The van der Waals surface area contributed by atoms with Gasteiger partial charge < -0.3 is 14.0 Å². The lowest BCUT2D eigenvalue weighted by Gasteiger charge is -2.25. The van der Waals surface area contributed by atoms with Gasteiger partial charge in [-0.2, -0.15) is 0 Å². The first-order chi connectivity index (χ1) is 20.0. The number of hydrogen-bond acceptors (Lipinski definition) is 6. The third-order valence-electron chi connectivity index (χ3n) is 7.25. The zero-order valence-corrected chi connectivity index (χ0v) is 23.9. The largest absolute Gasteiger partial charge is 0.496 e. The van der Waals surface area contributed by atoms with Crippen LogP contribution in [0.1, 0.15) is 36.6 Å². The van der Waals surface area contributed by atoms with Gasteiger partial charge in [-0.1, -0.05) is 78.1 Å². The van der Waals surface area contributed by atoms with Crippen LogP contribution in [-0.2, 0) is 16.1 Å². The fourth-order valence-electron chi connectivity index (χ4n) is 5.42. The van der Waals surface area contributed by atoms with E-state index in [9.17, 15) is 9.59 Å². The molecule has 0 unspecified atom stereocenters. The first-order valence-electron chi connectivity index (χ1n) is 13.4. The highest BCUT2D eigenvalue weighted by Gasteiger charge is 2.35. The van der Waals surface area contributed by atoms with Gasteiger partial charge in [-0.15, -0.1) is 0 Å². The molecule has 206 valence electrons. The summed E-state index contributed by atoms with van der Waals surface area (Å²) in [5.41, 5.74) is 4.54. The second-order valence-electron chi connectivity index (χ2n) is 9.76. The van der Waals surface area contributed by atoms with E-state index in [2.05, 4.69) is 35.0 Å². The third-order valence-corrected chi connectivity index (χ3v) is 8.24. The number of esters is 1. The monoisotopic (exact) mass is 563 g/mol. The van der Waals surface area contributed by atoms with Crippen molar-refractivity contribution < 1.29 is 14.3 Å². The number of carbonyl (C=O) groups excluding carboxylic acids is 1. The molecule has 0 aliphatic carbocycles. The van der Waals surface area contributed by atoms with Crippen LogP contribution in [-0.4, -0.2) is 28.8 Å². The van der Waals surface area contributed by atoms with Gasteiger partial charge in [0, 0.05) is 34.8 Å². The summed E-state index contributed by atoms with van der Waals surface area (Å²) in [7, 11) is 1.58. The summed E-state index contributed by atoms with van der Waals surface area (Å²) in [4.78, 5) is 32.6. The van der Waals surface area contributed by atoms with Gasteiger partial charge in [0.1, 0.15) is 11.8 Å². The molecule has 0 radical (unpaired) electrons. The second-order valence-corrected chi connectivity index (χ2v) is 10.8. The Morgan fingerprint density at radius 3 is 2.54 bits per heavy atom. The number of ether oxygens (including phenoxy) is 2. The molecule has 5 aromatic rings. The van der Waals surface area contributed by atoms with Crippen LogP contribution in [0, 0.1) is 0 Å². The van der Waals surface area contributed by atoms with Crippen molar-refractivity contribution in [3.05, 3.63) is 133 Å². The number of methoxy groups -OCH3 is 1. The molecule has 41 heavy (non-hydrogen) atoms. The number of rotatable bonds is 7. The summed E-state index contributed by atoms with van der Waals surface area (Å²) in [5.74, 6) is 0.0791. The number of carbonyl (C=O) groups is 1. The van der Waals surface area contributed by atoms with Gasteiger partial charge in [-0.25, -0.2) is 9.79 Å². The van der Waals surface area contributed by atoms with Gasteiger partial charge in [0.15, 0.2) is 4.80 Å². The predicted molar refractivity (Wildman–Crippen MR) is 161 cm³/mol. The van der Waals surface area contributed by atoms with E-state index in [4.69, 9.17) is 14.5 Å². The Morgan fingerprint density at radius 1 is 1.02 bits per heavy atom. The van der Waals surface area contributed by atoms with Gasteiger partial charge >= 0.3 is 5.97 Å². The van der Waals surface area contributed by atoms with Gasteiger partial charge in [-0.3, -0.25) is 9.36 Å². The molecule has 0 saturated carbocycles. The molecule has 2 aromatic heterocycles. The summed E-state index contributed by atoms with van der Waals surface area (Å²) in [6.45, 7) is 4.47. The van der Waals surface area contributed by atoms with Crippen molar-refractivity contribution in [2.24, 2.45) is 4.99 Å². The van der Waals surface area contributed by atoms with E-state index in [0.717, 1.165) is 16.5 Å². The van der Waals surface area contributed by atoms with Crippen LogP contribution in [0.25, 0.3) is 17.0 Å². The molecule has 6 rings (SSSR count). The minimum atomic E-state index is -0.733. The van der Waals surface area contributed by atoms with E-state index >= 15 is 0 Å². The zero-order valence-electron chi connectivity index (χ0n) is 23.0. The van der Waals surface area contributed by atoms with Crippen LogP contribution in [0.4, 0.5) is 0 Å². The average Bonchev–Trinajstić information content (AvgIpc) is 3.49. The Kier molecular flexibility index (Phi) is 7.15. The second kappa shape index (κ2) is 11.1. The molecule has 0 saturated heterocycles. The highest BCUT2D eigenvalue weighted by Crippen LogP contribution is 2.35. The summed E-state index contributed by atoms with van der Waals surface area (Å²) >= 11 is 1.31. The average molecular weight is 564 g/mol. The predicted octanol–water partition coefficient (Wildman–Crippen LogP) is 4.81. The molecule has 0 amide bonds. The van der Waals surface area contributed by atoms with E-state index in [1.165, 1.54) is 16.9 Å². The Labute approximate surface area is 240 Å². The van der Waals surface area contributed by atoms with Crippen LogP contribution >= 0.6 is 11.3 Å². The van der Waals surface area contributed by atoms with Crippen molar-refractivity contribution in [2.75, 3.05) is 13.7 Å². The Bertz CT molecular complexity index is 1980. The fraction of sp³-hybridized carbons (Fsp3) is 0.182. The van der Waals surface area contributed by atoms with Crippen LogP contribution in [0.2, 0.25) is 0 Å². The lowest BCUT2D eigenvalue weighted by Crippen LogP contribution is -2.40. The minimum absolute atomic E-state index is 0.214. The van der Waals surface area contributed by atoms with E-state index in [0.29, 0.717) is 38.5 Å². The van der Waals surface area contributed by atoms with Crippen molar-refractivity contribution in [3.63, 3.8) is 0 Å². The standard InChI is InChI=1S/C33H29N3O4S/c1-4-40-32(38)29-21(2)34-33-36(30(29)25-15-9-11-17-27(25)39-3)31(37)28(41-33)18-23-20-35(19-22-12-6-5-7-13-22)26-16-10-8-14-24(23)26/h5-18,20,30H,4,19H2,1-3H3/b28-18-/t30-/m0/s1. The number of nitrogens with zero attached hydrogens (tertiary/aromatic N) is 3. The van der Waals surface area contributed by atoms with Gasteiger partial charge in [0.2, 0.25) is 0 Å². The fourth-order valence-corrected chi connectivity index (χ4v) is 6.46. The molecule has 0 fully saturated rings. The minimum Gasteiger partial charge on any atom is -0.496 e. The normalized spacial score (nSPS) is 15.1. The van der Waals surface area contributed by atoms with E-state index in [-0.39, 0.29) is 12.2 Å². The smallest absolute Gasteiger partial charge is 0.338 e. The van der Waals surface area contributed by atoms with Crippen molar-refractivity contribution in [3.8, 4) is 5.75 Å². The molecule has 1 aliphatic heterocycles. The highest BCUT2D eigenvalue weighted by atomic mass is 32.1. The van der Waals surface area contributed by atoms with Crippen LogP contribution < -0.4 is 19.6 Å².